The second kappa shape index (κ2) is 7.63. The maximum absolute atomic E-state index is 11.0. The standard InChI is InChI=1S/C28H22O7/c1-12-13(2)23(30)26(33)21(22(12)29)17-10-6-5-9-16(17)19-15-8-4-3-7-14(15)11-18-20(19)25(32)28(35)27(34)24(18)31/h3-11,29-35H,1-2H3. The van der Waals surface area contributed by atoms with Gasteiger partial charge in [-0.25, -0.2) is 0 Å². The Morgan fingerprint density at radius 3 is 1.69 bits per heavy atom. The molecule has 0 saturated carbocycles. The highest BCUT2D eigenvalue weighted by molar-refractivity contribution is 6.19. The van der Waals surface area contributed by atoms with E-state index < -0.39 is 28.7 Å². The quantitative estimate of drug-likeness (QED) is 0.0970. The van der Waals surface area contributed by atoms with Crippen molar-refractivity contribution < 1.29 is 35.7 Å². The fourth-order valence-corrected chi connectivity index (χ4v) is 4.66. The van der Waals surface area contributed by atoms with Crippen molar-refractivity contribution in [2.24, 2.45) is 0 Å². The summed E-state index contributed by atoms with van der Waals surface area (Å²) in [5, 5.41) is 75.8. The lowest BCUT2D eigenvalue weighted by molar-refractivity contribution is 0.351. The summed E-state index contributed by atoms with van der Waals surface area (Å²) in [7, 11) is 0. The number of benzene rings is 5. The van der Waals surface area contributed by atoms with E-state index in [-0.39, 0.29) is 27.8 Å². The van der Waals surface area contributed by atoms with Crippen LogP contribution in [0.1, 0.15) is 11.1 Å². The van der Waals surface area contributed by atoms with Crippen molar-refractivity contribution in [1.29, 1.82) is 0 Å². The summed E-state index contributed by atoms with van der Waals surface area (Å²) in [5.74, 6) is -4.05. The molecule has 0 aromatic heterocycles. The molecule has 0 unspecified atom stereocenters. The van der Waals surface area contributed by atoms with Crippen LogP contribution in [0.15, 0.2) is 54.6 Å². The Bertz CT molecular complexity index is 1660. The van der Waals surface area contributed by atoms with Crippen molar-refractivity contribution in [3.63, 3.8) is 0 Å². The summed E-state index contributed by atoms with van der Waals surface area (Å²) < 4.78 is 0. The summed E-state index contributed by atoms with van der Waals surface area (Å²) >= 11 is 0. The topological polar surface area (TPSA) is 142 Å². The molecule has 7 N–H and O–H groups in total. The van der Waals surface area contributed by atoms with Crippen molar-refractivity contribution >= 4 is 21.5 Å². The van der Waals surface area contributed by atoms with Gasteiger partial charge in [0.25, 0.3) is 0 Å². The minimum atomic E-state index is -0.876. The molecule has 0 atom stereocenters. The van der Waals surface area contributed by atoms with Gasteiger partial charge in [0.1, 0.15) is 5.75 Å². The van der Waals surface area contributed by atoms with Crippen LogP contribution in [0.3, 0.4) is 0 Å². The van der Waals surface area contributed by atoms with E-state index in [9.17, 15) is 35.7 Å². The Labute approximate surface area is 199 Å². The van der Waals surface area contributed by atoms with Gasteiger partial charge in [-0.3, -0.25) is 0 Å². The summed E-state index contributed by atoms with van der Waals surface area (Å²) in [6.07, 6.45) is 0. The predicted molar refractivity (Wildman–Crippen MR) is 133 cm³/mol. The van der Waals surface area contributed by atoms with Gasteiger partial charge in [0, 0.05) is 21.9 Å². The van der Waals surface area contributed by atoms with Gasteiger partial charge in [-0.1, -0.05) is 48.5 Å². The number of phenolic OH excluding ortho intramolecular Hbond substituents is 7. The molecule has 5 aromatic carbocycles. The largest absolute Gasteiger partial charge is 0.507 e. The zero-order valence-corrected chi connectivity index (χ0v) is 18.8. The number of phenols is 7. The first-order valence-corrected chi connectivity index (χ1v) is 10.8. The molecule has 0 aliphatic carbocycles. The van der Waals surface area contributed by atoms with Crippen LogP contribution in [0, 0.1) is 13.8 Å². The second-order valence-electron chi connectivity index (χ2n) is 8.51. The molecular formula is C28H22O7. The highest BCUT2D eigenvalue weighted by Gasteiger charge is 2.27. The predicted octanol–water partition coefficient (Wildman–Crippen LogP) is 5.88. The Morgan fingerprint density at radius 2 is 1.00 bits per heavy atom. The number of hydrogen-bond donors (Lipinski definition) is 7. The Morgan fingerprint density at radius 1 is 0.457 bits per heavy atom. The average molecular weight is 470 g/mol. The third kappa shape index (κ3) is 2.98. The fourth-order valence-electron chi connectivity index (χ4n) is 4.66. The van der Waals surface area contributed by atoms with Crippen LogP contribution in [0.5, 0.6) is 40.2 Å². The number of fused-ring (bicyclic) bond motifs is 2. The van der Waals surface area contributed by atoms with Gasteiger partial charge in [-0.2, -0.15) is 0 Å². The van der Waals surface area contributed by atoms with Crippen LogP contribution in [-0.2, 0) is 0 Å². The van der Waals surface area contributed by atoms with Crippen LogP contribution < -0.4 is 0 Å². The number of hydrogen-bond acceptors (Lipinski definition) is 7. The first kappa shape index (κ1) is 22.0. The van der Waals surface area contributed by atoms with Crippen molar-refractivity contribution in [3.8, 4) is 62.5 Å². The van der Waals surface area contributed by atoms with Gasteiger partial charge in [-0.15, -0.1) is 0 Å². The van der Waals surface area contributed by atoms with Crippen LogP contribution in [0.25, 0.3) is 43.8 Å². The van der Waals surface area contributed by atoms with E-state index in [1.807, 2.05) is 0 Å². The molecule has 0 amide bonds. The third-order valence-corrected chi connectivity index (χ3v) is 6.65. The van der Waals surface area contributed by atoms with Crippen molar-refractivity contribution in [1.82, 2.24) is 0 Å². The molecule has 176 valence electrons. The molecule has 0 heterocycles. The monoisotopic (exact) mass is 470 g/mol. The average Bonchev–Trinajstić information content (AvgIpc) is 2.87. The molecule has 0 bridgehead atoms. The molecular weight excluding hydrogens is 448 g/mol. The maximum Gasteiger partial charge on any atom is 0.204 e. The van der Waals surface area contributed by atoms with Crippen LogP contribution in [-0.4, -0.2) is 35.7 Å². The lowest BCUT2D eigenvalue weighted by atomic mass is 9.85. The SMILES string of the molecule is Cc1c(C)c(O)c(-c2ccccc2-c2c3ccccc3cc3c(O)c(O)c(O)c(O)c23)c(O)c1O. The molecule has 0 spiro atoms. The highest BCUT2D eigenvalue weighted by atomic mass is 16.3. The molecule has 5 rings (SSSR count). The highest BCUT2D eigenvalue weighted by Crippen LogP contribution is 2.55. The number of aromatic hydroxyl groups is 7. The molecule has 0 radical (unpaired) electrons. The lowest BCUT2D eigenvalue weighted by Gasteiger charge is -2.20. The van der Waals surface area contributed by atoms with Crippen molar-refractivity contribution in [2.45, 2.75) is 13.8 Å². The van der Waals surface area contributed by atoms with Gasteiger partial charge in [-0.05, 0) is 47.4 Å². The summed E-state index contributed by atoms with van der Waals surface area (Å²) in [4.78, 5) is 0. The molecule has 0 fully saturated rings. The zero-order valence-electron chi connectivity index (χ0n) is 18.8. The molecule has 35 heavy (non-hydrogen) atoms. The van der Waals surface area contributed by atoms with E-state index in [0.29, 0.717) is 38.6 Å². The van der Waals surface area contributed by atoms with Crippen LogP contribution in [0.4, 0.5) is 0 Å². The Balaban J connectivity index is 2.03. The van der Waals surface area contributed by atoms with E-state index in [1.165, 1.54) is 0 Å². The zero-order chi connectivity index (χ0) is 25.2. The summed E-state index contributed by atoms with van der Waals surface area (Å²) in [6.45, 7) is 3.20. The first-order chi connectivity index (χ1) is 16.6. The lowest BCUT2D eigenvalue weighted by Crippen LogP contribution is -1.94. The molecule has 5 aromatic rings. The molecule has 0 aliphatic rings. The second-order valence-corrected chi connectivity index (χ2v) is 8.51. The van der Waals surface area contributed by atoms with Crippen LogP contribution in [0.2, 0.25) is 0 Å². The van der Waals surface area contributed by atoms with Gasteiger partial charge >= 0.3 is 0 Å². The van der Waals surface area contributed by atoms with Gasteiger partial charge < -0.3 is 35.7 Å². The van der Waals surface area contributed by atoms with E-state index in [0.717, 1.165) is 0 Å². The minimum absolute atomic E-state index is 0.00556. The first-order valence-electron chi connectivity index (χ1n) is 10.8. The molecule has 7 heteroatoms. The van der Waals surface area contributed by atoms with E-state index in [4.69, 9.17) is 0 Å². The van der Waals surface area contributed by atoms with Gasteiger partial charge in [0.2, 0.25) is 11.5 Å². The maximum atomic E-state index is 11.0. The van der Waals surface area contributed by atoms with Crippen LogP contribution >= 0.6 is 0 Å². The van der Waals surface area contributed by atoms with Gasteiger partial charge in [0.05, 0.1) is 5.56 Å². The number of rotatable bonds is 2. The normalized spacial score (nSPS) is 11.4. The third-order valence-electron chi connectivity index (χ3n) is 6.65. The smallest absolute Gasteiger partial charge is 0.204 e. The van der Waals surface area contributed by atoms with Gasteiger partial charge in [0.15, 0.2) is 23.0 Å². The van der Waals surface area contributed by atoms with Crippen molar-refractivity contribution in [3.05, 3.63) is 65.7 Å². The molecule has 0 saturated heterocycles. The summed E-state index contributed by atoms with van der Waals surface area (Å²) in [6, 6.07) is 15.5. The minimum Gasteiger partial charge on any atom is -0.507 e. The summed E-state index contributed by atoms with van der Waals surface area (Å²) in [5.41, 5.74) is 1.87. The van der Waals surface area contributed by atoms with E-state index >= 15 is 0 Å². The molecule has 7 nitrogen and oxygen atoms in total. The Kier molecular flexibility index (Phi) is 4.80. The van der Waals surface area contributed by atoms with E-state index in [1.54, 1.807) is 68.4 Å². The van der Waals surface area contributed by atoms with E-state index in [2.05, 4.69) is 0 Å². The molecule has 0 aliphatic heterocycles. The Hall–Kier alpha value is -4.78. The van der Waals surface area contributed by atoms with Crippen molar-refractivity contribution in [2.75, 3.05) is 0 Å². The fraction of sp³-hybridized carbons (Fsp3) is 0.0714.